The number of nitrogens with two attached hydrogens (primary N) is 1. The standard InChI is InChI=1S/C25H29N5O4S/c1-15-13-25(3,4)30(14-15)23-18(10-11-19(28-23)17-8-5-7-16(2)21(17)31)24(32)29-35(33,34)20-9-6-12-27-22(20)26/h5-12,15,31H,13-14H2,1-4H3,(H2,26,27)(H,29,32)/t15-/m0/s1. The Labute approximate surface area is 205 Å². The second-order valence-electron chi connectivity index (χ2n) is 9.59. The smallest absolute Gasteiger partial charge is 0.268 e. The first-order chi connectivity index (χ1) is 16.4. The predicted octanol–water partition coefficient (Wildman–Crippen LogP) is 3.48. The molecule has 9 nitrogen and oxygen atoms in total. The number of benzene rings is 1. The number of phenols is 1. The minimum Gasteiger partial charge on any atom is -0.507 e. The summed E-state index contributed by atoms with van der Waals surface area (Å²) in [6, 6.07) is 11.2. The third-order valence-electron chi connectivity index (χ3n) is 6.28. The second-order valence-corrected chi connectivity index (χ2v) is 11.2. The summed E-state index contributed by atoms with van der Waals surface area (Å²) >= 11 is 0. The van der Waals surface area contributed by atoms with Crippen molar-refractivity contribution in [2.75, 3.05) is 17.2 Å². The topological polar surface area (TPSA) is 139 Å². The predicted molar refractivity (Wildman–Crippen MR) is 135 cm³/mol. The van der Waals surface area contributed by atoms with Crippen LogP contribution in [0.1, 0.15) is 43.1 Å². The van der Waals surface area contributed by atoms with Crippen LogP contribution in [0.25, 0.3) is 11.3 Å². The zero-order valence-corrected chi connectivity index (χ0v) is 20.9. The first kappa shape index (κ1) is 24.5. The fourth-order valence-electron chi connectivity index (χ4n) is 4.67. The summed E-state index contributed by atoms with van der Waals surface area (Å²) in [6.07, 6.45) is 2.24. The van der Waals surface area contributed by atoms with Gasteiger partial charge in [0.15, 0.2) is 0 Å². The molecular formula is C25H29N5O4S. The molecule has 0 spiro atoms. The molecule has 3 heterocycles. The minimum atomic E-state index is -4.27. The number of para-hydroxylation sites is 1. The molecule has 35 heavy (non-hydrogen) atoms. The number of nitrogens with zero attached hydrogens (tertiary/aromatic N) is 3. The summed E-state index contributed by atoms with van der Waals surface area (Å²) in [7, 11) is -4.27. The molecule has 1 amide bonds. The van der Waals surface area contributed by atoms with E-state index in [2.05, 4.69) is 30.5 Å². The number of pyridine rings is 2. The van der Waals surface area contributed by atoms with Gasteiger partial charge in [0.05, 0.1) is 11.3 Å². The highest BCUT2D eigenvalue weighted by atomic mass is 32.2. The highest BCUT2D eigenvalue weighted by Gasteiger charge is 2.39. The van der Waals surface area contributed by atoms with Gasteiger partial charge in [0, 0.05) is 23.8 Å². The summed E-state index contributed by atoms with van der Waals surface area (Å²) in [6.45, 7) is 8.68. The molecule has 1 aromatic carbocycles. The van der Waals surface area contributed by atoms with Crippen LogP contribution < -0.4 is 15.4 Å². The number of hydrogen-bond donors (Lipinski definition) is 3. The molecule has 3 aromatic rings. The van der Waals surface area contributed by atoms with Crippen LogP contribution in [0, 0.1) is 12.8 Å². The van der Waals surface area contributed by atoms with Crippen LogP contribution in [0.3, 0.4) is 0 Å². The molecule has 1 aliphatic rings. The number of aromatic nitrogens is 2. The van der Waals surface area contributed by atoms with Crippen molar-refractivity contribution in [1.82, 2.24) is 14.7 Å². The van der Waals surface area contributed by atoms with Gasteiger partial charge in [0.25, 0.3) is 15.9 Å². The van der Waals surface area contributed by atoms with E-state index >= 15 is 0 Å². The third-order valence-corrected chi connectivity index (χ3v) is 7.66. The summed E-state index contributed by atoms with van der Waals surface area (Å²) in [5.74, 6) is -0.230. The van der Waals surface area contributed by atoms with Crippen molar-refractivity contribution in [3.05, 3.63) is 59.8 Å². The lowest BCUT2D eigenvalue weighted by molar-refractivity contribution is 0.0981. The zero-order valence-electron chi connectivity index (χ0n) is 20.1. The summed E-state index contributed by atoms with van der Waals surface area (Å²) < 4.78 is 27.9. The average Bonchev–Trinajstić information content (AvgIpc) is 3.06. The normalized spacial score (nSPS) is 17.4. The Hall–Kier alpha value is -3.66. The quantitative estimate of drug-likeness (QED) is 0.489. The molecule has 0 radical (unpaired) electrons. The maximum atomic E-state index is 13.3. The van der Waals surface area contributed by atoms with Crippen LogP contribution in [-0.4, -0.2) is 41.5 Å². The van der Waals surface area contributed by atoms with Gasteiger partial charge in [-0.3, -0.25) is 4.79 Å². The number of sulfonamides is 1. The third kappa shape index (κ3) is 4.66. The Kier molecular flexibility index (Phi) is 6.18. The number of aromatic hydroxyl groups is 1. The van der Waals surface area contributed by atoms with E-state index in [0.717, 1.165) is 6.42 Å². The highest BCUT2D eigenvalue weighted by molar-refractivity contribution is 7.90. The number of phenolic OH excluding ortho intramolecular Hbond substituents is 1. The van der Waals surface area contributed by atoms with E-state index in [1.807, 2.05) is 11.0 Å². The maximum Gasteiger partial charge on any atom is 0.268 e. The Balaban J connectivity index is 1.81. The molecule has 2 aromatic heterocycles. The van der Waals surface area contributed by atoms with Crippen LogP contribution in [0.5, 0.6) is 5.75 Å². The molecule has 184 valence electrons. The SMILES string of the molecule is Cc1cccc(-c2ccc(C(=O)NS(=O)(=O)c3cccnc3N)c(N3C[C@@H](C)CC3(C)C)n2)c1O. The number of aryl methyl sites for hydroxylation is 1. The number of carbonyl (C=O) groups excluding carboxylic acids is 1. The van der Waals surface area contributed by atoms with Gasteiger partial charge in [0.1, 0.15) is 22.3 Å². The second kappa shape index (κ2) is 8.84. The number of amides is 1. The number of carbonyl (C=O) groups is 1. The lowest BCUT2D eigenvalue weighted by Crippen LogP contribution is -2.41. The van der Waals surface area contributed by atoms with Gasteiger partial charge in [0.2, 0.25) is 0 Å². The van der Waals surface area contributed by atoms with E-state index in [0.29, 0.717) is 35.1 Å². The first-order valence-electron chi connectivity index (χ1n) is 11.3. The Bertz CT molecular complexity index is 1400. The number of nitrogen functional groups attached to an aromatic ring is 1. The van der Waals surface area contributed by atoms with Gasteiger partial charge >= 0.3 is 0 Å². The van der Waals surface area contributed by atoms with Crippen molar-refractivity contribution in [3.63, 3.8) is 0 Å². The van der Waals surface area contributed by atoms with Crippen LogP contribution in [0.4, 0.5) is 11.6 Å². The Morgan fingerprint density at radius 2 is 1.94 bits per heavy atom. The Morgan fingerprint density at radius 1 is 1.20 bits per heavy atom. The molecule has 1 saturated heterocycles. The lowest BCUT2D eigenvalue weighted by Gasteiger charge is -2.34. The molecule has 0 saturated carbocycles. The number of hydrogen-bond acceptors (Lipinski definition) is 8. The van der Waals surface area contributed by atoms with Crippen molar-refractivity contribution in [2.24, 2.45) is 5.92 Å². The summed E-state index contributed by atoms with van der Waals surface area (Å²) in [4.78, 5) is 23.6. The van der Waals surface area contributed by atoms with Crippen molar-refractivity contribution in [2.45, 2.75) is 44.6 Å². The van der Waals surface area contributed by atoms with Crippen LogP contribution in [-0.2, 0) is 10.0 Å². The van der Waals surface area contributed by atoms with Gasteiger partial charge in [-0.25, -0.2) is 23.1 Å². The van der Waals surface area contributed by atoms with Crippen LogP contribution in [0.15, 0.2) is 53.6 Å². The van der Waals surface area contributed by atoms with Gasteiger partial charge in [-0.2, -0.15) is 0 Å². The number of nitrogens with one attached hydrogen (secondary N) is 1. The maximum absolute atomic E-state index is 13.3. The zero-order chi connectivity index (χ0) is 25.5. The summed E-state index contributed by atoms with van der Waals surface area (Å²) in [5.41, 5.74) is 7.22. The van der Waals surface area contributed by atoms with Crippen molar-refractivity contribution >= 4 is 27.6 Å². The van der Waals surface area contributed by atoms with E-state index in [-0.39, 0.29) is 27.6 Å². The van der Waals surface area contributed by atoms with Crippen LogP contribution in [0.2, 0.25) is 0 Å². The number of anilines is 2. The molecule has 0 aliphatic carbocycles. The van der Waals surface area contributed by atoms with Crippen LogP contribution >= 0.6 is 0 Å². The molecule has 10 heteroatoms. The molecule has 4 N–H and O–H groups in total. The molecule has 0 bridgehead atoms. The van der Waals surface area contributed by atoms with E-state index in [1.54, 1.807) is 25.1 Å². The Morgan fingerprint density at radius 3 is 2.60 bits per heavy atom. The fraction of sp³-hybridized carbons (Fsp3) is 0.320. The minimum absolute atomic E-state index is 0.104. The van der Waals surface area contributed by atoms with E-state index in [1.165, 1.54) is 24.4 Å². The molecule has 1 aliphatic heterocycles. The molecule has 4 rings (SSSR count). The molecular weight excluding hydrogens is 466 g/mol. The monoisotopic (exact) mass is 495 g/mol. The van der Waals surface area contributed by atoms with Gasteiger partial charge in [-0.1, -0.05) is 19.1 Å². The van der Waals surface area contributed by atoms with Crippen molar-refractivity contribution in [3.8, 4) is 17.0 Å². The fourth-order valence-corrected chi connectivity index (χ4v) is 5.72. The highest BCUT2D eigenvalue weighted by Crippen LogP contribution is 2.39. The van der Waals surface area contributed by atoms with E-state index in [9.17, 15) is 18.3 Å². The summed E-state index contributed by atoms with van der Waals surface area (Å²) in [5, 5.41) is 10.6. The molecule has 1 atom stereocenters. The average molecular weight is 496 g/mol. The van der Waals surface area contributed by atoms with Crippen molar-refractivity contribution < 1.29 is 18.3 Å². The van der Waals surface area contributed by atoms with E-state index < -0.39 is 15.9 Å². The van der Waals surface area contributed by atoms with Crippen molar-refractivity contribution in [1.29, 1.82) is 0 Å². The molecule has 1 fully saturated rings. The van der Waals surface area contributed by atoms with E-state index in [4.69, 9.17) is 10.7 Å². The van der Waals surface area contributed by atoms with Gasteiger partial charge in [-0.05, 0) is 69.0 Å². The van der Waals surface area contributed by atoms with Gasteiger partial charge in [-0.15, -0.1) is 0 Å². The lowest BCUT2D eigenvalue weighted by atomic mass is 9.97. The van der Waals surface area contributed by atoms with Gasteiger partial charge < -0.3 is 15.7 Å². The molecule has 0 unspecified atom stereocenters. The number of rotatable bonds is 5. The first-order valence-corrected chi connectivity index (χ1v) is 12.7. The largest absolute Gasteiger partial charge is 0.507 e.